The number of nitrogens with one attached hydrogen (secondary N) is 1. The molecule has 2 nitrogen and oxygen atoms in total. The second kappa shape index (κ2) is 6.81. The highest BCUT2D eigenvalue weighted by molar-refractivity contribution is 9.10. The van der Waals surface area contributed by atoms with Crippen LogP contribution in [0, 0.1) is 0 Å². The topological polar surface area (TPSA) is 29.1 Å². The fourth-order valence-corrected chi connectivity index (χ4v) is 2.63. The zero-order valence-corrected chi connectivity index (χ0v) is 13.9. The van der Waals surface area contributed by atoms with Crippen LogP contribution in [0.5, 0.6) is 0 Å². The van der Waals surface area contributed by atoms with Gasteiger partial charge < -0.3 is 5.32 Å². The molecule has 0 saturated heterocycles. The summed E-state index contributed by atoms with van der Waals surface area (Å²) in [6.45, 7) is 5.86. The molecule has 1 aromatic rings. The fraction of sp³-hybridized carbons (Fsp3) is 0.533. The van der Waals surface area contributed by atoms with Crippen molar-refractivity contribution in [1.82, 2.24) is 5.32 Å². The van der Waals surface area contributed by atoms with Crippen LogP contribution in [0.25, 0.3) is 0 Å². The first-order valence-corrected chi connectivity index (χ1v) is 7.67. The van der Waals surface area contributed by atoms with Crippen molar-refractivity contribution in [1.29, 1.82) is 0 Å². The lowest BCUT2D eigenvalue weighted by Crippen LogP contribution is -2.47. The minimum atomic E-state index is -4.47. The van der Waals surface area contributed by atoms with Crippen LogP contribution in [0.2, 0.25) is 0 Å². The lowest BCUT2D eigenvalue weighted by atomic mass is 9.89. The number of halogens is 4. The molecule has 1 aromatic carbocycles. The summed E-state index contributed by atoms with van der Waals surface area (Å²) in [5.74, 6) is -0.487. The van der Waals surface area contributed by atoms with Crippen LogP contribution in [0.3, 0.4) is 0 Å². The van der Waals surface area contributed by atoms with E-state index in [9.17, 15) is 18.0 Å². The van der Waals surface area contributed by atoms with Gasteiger partial charge in [0.25, 0.3) is 5.91 Å². The highest BCUT2D eigenvalue weighted by atomic mass is 79.9. The first-order chi connectivity index (χ1) is 9.69. The van der Waals surface area contributed by atoms with Crippen molar-refractivity contribution in [2.75, 3.05) is 0 Å². The standard InChI is InChI=1S/C15H19BrF3NO/c1-4-14(5-2,6-3)20-13(21)11-9-10(15(17,18)19)7-8-12(11)16/h7-9H,4-6H2,1-3H3,(H,20,21). The predicted octanol–water partition coefficient (Wildman–Crippen LogP) is 5.17. The Balaban J connectivity index is 3.13. The van der Waals surface area contributed by atoms with Crippen molar-refractivity contribution in [3.05, 3.63) is 33.8 Å². The van der Waals surface area contributed by atoms with E-state index in [4.69, 9.17) is 0 Å². The summed E-state index contributed by atoms with van der Waals surface area (Å²) in [6, 6.07) is 3.09. The van der Waals surface area contributed by atoms with Crippen LogP contribution in [0.15, 0.2) is 22.7 Å². The molecule has 0 bridgehead atoms. The molecule has 0 aliphatic carbocycles. The molecule has 0 aromatic heterocycles. The maximum Gasteiger partial charge on any atom is 0.416 e. The molecule has 0 aliphatic rings. The smallest absolute Gasteiger partial charge is 0.347 e. The second-order valence-corrected chi connectivity index (χ2v) is 5.84. The van der Waals surface area contributed by atoms with Gasteiger partial charge in [-0.15, -0.1) is 0 Å². The van der Waals surface area contributed by atoms with Crippen LogP contribution in [-0.4, -0.2) is 11.4 Å². The van der Waals surface area contributed by atoms with E-state index in [2.05, 4.69) is 21.2 Å². The minimum absolute atomic E-state index is 0.00421. The number of rotatable bonds is 5. The SMILES string of the molecule is CCC(CC)(CC)NC(=O)c1cc(C(F)(F)F)ccc1Br. The Labute approximate surface area is 131 Å². The molecule has 1 rings (SSSR count). The molecule has 0 heterocycles. The largest absolute Gasteiger partial charge is 0.416 e. The predicted molar refractivity (Wildman–Crippen MR) is 80.2 cm³/mol. The van der Waals surface area contributed by atoms with E-state index in [0.29, 0.717) is 4.47 Å². The highest BCUT2D eigenvalue weighted by Gasteiger charge is 2.32. The molecule has 0 fully saturated rings. The average molecular weight is 366 g/mol. The van der Waals surface area contributed by atoms with E-state index in [1.807, 2.05) is 20.8 Å². The van der Waals surface area contributed by atoms with Crippen LogP contribution in [0.4, 0.5) is 13.2 Å². The molecule has 0 saturated carbocycles. The molecular formula is C15H19BrF3NO. The monoisotopic (exact) mass is 365 g/mol. The van der Waals surface area contributed by atoms with Gasteiger partial charge in [-0.05, 0) is 53.4 Å². The third-order valence-corrected chi connectivity index (χ3v) is 4.64. The third-order valence-electron chi connectivity index (χ3n) is 3.95. The number of carbonyl (C=O) groups is 1. The first-order valence-electron chi connectivity index (χ1n) is 6.88. The molecule has 1 N–H and O–H groups in total. The number of benzene rings is 1. The van der Waals surface area contributed by atoms with Crippen LogP contribution < -0.4 is 5.32 Å². The van der Waals surface area contributed by atoms with Crippen LogP contribution in [0.1, 0.15) is 56.0 Å². The third kappa shape index (κ3) is 4.22. The minimum Gasteiger partial charge on any atom is -0.347 e. The molecule has 0 unspecified atom stereocenters. The second-order valence-electron chi connectivity index (χ2n) is 4.99. The summed E-state index contributed by atoms with van der Waals surface area (Å²) in [5.41, 5.74) is -1.21. The Bertz CT molecular complexity index is 502. The van der Waals surface area contributed by atoms with E-state index in [0.717, 1.165) is 31.4 Å². The van der Waals surface area contributed by atoms with Crippen molar-refractivity contribution in [3.63, 3.8) is 0 Å². The molecule has 0 aliphatic heterocycles. The number of amides is 1. The van der Waals surface area contributed by atoms with Gasteiger partial charge in [0.15, 0.2) is 0 Å². The van der Waals surface area contributed by atoms with Crippen LogP contribution in [-0.2, 0) is 6.18 Å². The molecule has 6 heteroatoms. The Morgan fingerprint density at radius 2 is 1.67 bits per heavy atom. The Hall–Kier alpha value is -1.04. The average Bonchev–Trinajstić information content (AvgIpc) is 2.44. The molecule has 21 heavy (non-hydrogen) atoms. The Morgan fingerprint density at radius 3 is 2.10 bits per heavy atom. The van der Waals surface area contributed by atoms with Gasteiger partial charge >= 0.3 is 6.18 Å². The van der Waals surface area contributed by atoms with Gasteiger partial charge in [0, 0.05) is 10.0 Å². The summed E-state index contributed by atoms with van der Waals surface area (Å²) >= 11 is 3.14. The molecule has 0 spiro atoms. The van der Waals surface area contributed by atoms with Gasteiger partial charge in [0.2, 0.25) is 0 Å². The van der Waals surface area contributed by atoms with Gasteiger partial charge in [-0.3, -0.25) is 4.79 Å². The van der Waals surface area contributed by atoms with E-state index in [1.165, 1.54) is 6.07 Å². The Kier molecular flexibility index (Phi) is 5.84. The Morgan fingerprint density at radius 1 is 1.14 bits per heavy atom. The van der Waals surface area contributed by atoms with Crippen molar-refractivity contribution in [2.24, 2.45) is 0 Å². The van der Waals surface area contributed by atoms with Crippen molar-refractivity contribution < 1.29 is 18.0 Å². The summed E-state index contributed by atoms with van der Waals surface area (Å²) in [5, 5.41) is 2.88. The maximum absolute atomic E-state index is 12.8. The van der Waals surface area contributed by atoms with Gasteiger partial charge in [0.1, 0.15) is 0 Å². The maximum atomic E-state index is 12.8. The normalized spacial score (nSPS) is 12.3. The summed E-state index contributed by atoms with van der Waals surface area (Å²) in [6.07, 6.45) is -2.29. The van der Waals surface area contributed by atoms with Gasteiger partial charge in [0.05, 0.1) is 11.1 Å². The summed E-state index contributed by atoms with van der Waals surface area (Å²) in [4.78, 5) is 12.3. The van der Waals surface area contributed by atoms with Gasteiger partial charge in [-0.1, -0.05) is 20.8 Å². The van der Waals surface area contributed by atoms with E-state index >= 15 is 0 Å². The molecule has 0 atom stereocenters. The summed E-state index contributed by atoms with van der Waals surface area (Å²) in [7, 11) is 0. The number of alkyl halides is 3. The van der Waals surface area contributed by atoms with Crippen LogP contribution >= 0.6 is 15.9 Å². The van der Waals surface area contributed by atoms with E-state index < -0.39 is 17.6 Å². The van der Waals surface area contributed by atoms with Crippen molar-refractivity contribution >= 4 is 21.8 Å². The molecular weight excluding hydrogens is 347 g/mol. The number of hydrogen-bond acceptors (Lipinski definition) is 1. The lowest BCUT2D eigenvalue weighted by molar-refractivity contribution is -0.137. The summed E-state index contributed by atoms with van der Waals surface area (Å²) < 4.78 is 38.6. The van der Waals surface area contributed by atoms with Gasteiger partial charge in [-0.2, -0.15) is 13.2 Å². The van der Waals surface area contributed by atoms with Crippen molar-refractivity contribution in [3.8, 4) is 0 Å². The number of carbonyl (C=O) groups excluding carboxylic acids is 1. The fourth-order valence-electron chi connectivity index (χ4n) is 2.20. The van der Waals surface area contributed by atoms with Crippen molar-refractivity contribution in [2.45, 2.75) is 51.7 Å². The zero-order chi connectivity index (χ0) is 16.3. The number of hydrogen-bond donors (Lipinski definition) is 1. The lowest BCUT2D eigenvalue weighted by Gasteiger charge is -2.32. The zero-order valence-electron chi connectivity index (χ0n) is 12.3. The molecule has 0 radical (unpaired) electrons. The highest BCUT2D eigenvalue weighted by Crippen LogP contribution is 2.32. The first kappa shape index (κ1) is 18.0. The molecule has 1 amide bonds. The van der Waals surface area contributed by atoms with E-state index in [-0.39, 0.29) is 11.1 Å². The van der Waals surface area contributed by atoms with E-state index in [1.54, 1.807) is 0 Å². The quantitative estimate of drug-likeness (QED) is 0.766. The van der Waals surface area contributed by atoms with Gasteiger partial charge in [-0.25, -0.2) is 0 Å². The molecule has 118 valence electrons.